The Morgan fingerprint density at radius 3 is 2.63 bits per heavy atom. The van der Waals surface area contributed by atoms with Gasteiger partial charge in [0.2, 0.25) is 5.91 Å². The van der Waals surface area contributed by atoms with Crippen LogP contribution in [0.25, 0.3) is 0 Å². The van der Waals surface area contributed by atoms with Gasteiger partial charge in [-0.25, -0.2) is 9.18 Å². The van der Waals surface area contributed by atoms with E-state index < -0.39 is 6.04 Å². The first-order valence-corrected chi connectivity index (χ1v) is 9.36. The van der Waals surface area contributed by atoms with E-state index in [4.69, 9.17) is 5.26 Å². The van der Waals surface area contributed by atoms with Crippen LogP contribution >= 0.6 is 0 Å². The molecule has 1 atom stereocenters. The minimum absolute atomic E-state index is 0.0810. The van der Waals surface area contributed by atoms with Crippen molar-refractivity contribution >= 4 is 11.9 Å². The highest BCUT2D eigenvalue weighted by atomic mass is 19.1. The Hall–Kier alpha value is -2.62. The van der Waals surface area contributed by atoms with Gasteiger partial charge in [-0.1, -0.05) is 26.0 Å². The van der Waals surface area contributed by atoms with Crippen LogP contribution in [0.2, 0.25) is 0 Å². The second kappa shape index (κ2) is 9.91. The molecule has 27 heavy (non-hydrogen) atoms. The molecule has 7 heteroatoms. The van der Waals surface area contributed by atoms with Gasteiger partial charge in [0.1, 0.15) is 18.4 Å². The number of carbonyl (C=O) groups excluding carboxylic acids is 2. The first-order valence-electron chi connectivity index (χ1n) is 9.36. The van der Waals surface area contributed by atoms with Gasteiger partial charge in [-0.15, -0.1) is 0 Å². The number of amides is 3. The molecule has 146 valence electrons. The molecule has 0 bridgehead atoms. The maximum atomic E-state index is 13.4. The fourth-order valence-electron chi connectivity index (χ4n) is 3.37. The normalized spacial score (nSPS) is 15.9. The van der Waals surface area contributed by atoms with Crippen LogP contribution in [0.4, 0.5) is 9.18 Å². The number of hydrogen-bond acceptors (Lipinski definition) is 3. The summed E-state index contributed by atoms with van der Waals surface area (Å²) in [6.45, 7) is 4.98. The first kappa shape index (κ1) is 20.7. The van der Waals surface area contributed by atoms with E-state index in [0.29, 0.717) is 19.5 Å². The number of nitriles is 1. The summed E-state index contributed by atoms with van der Waals surface area (Å²) >= 11 is 0. The smallest absolute Gasteiger partial charge is 0.318 e. The number of rotatable bonds is 6. The summed E-state index contributed by atoms with van der Waals surface area (Å²) in [5, 5.41) is 13.9. The van der Waals surface area contributed by atoms with E-state index in [9.17, 15) is 14.0 Å². The molecule has 1 unspecified atom stereocenters. The molecule has 1 heterocycles. The Bertz CT molecular complexity index is 693. The number of piperidine rings is 1. The number of carbonyl (C=O) groups is 2. The number of halogens is 1. The fraction of sp³-hybridized carbons (Fsp3) is 0.550. The topological polar surface area (TPSA) is 85.2 Å². The molecule has 0 aromatic heterocycles. The Kier molecular flexibility index (Phi) is 7.59. The Balaban J connectivity index is 1.91. The average molecular weight is 374 g/mol. The highest BCUT2D eigenvalue weighted by Gasteiger charge is 2.28. The summed E-state index contributed by atoms with van der Waals surface area (Å²) in [5.74, 6) is -0.127. The van der Waals surface area contributed by atoms with E-state index in [1.807, 2.05) is 26.0 Å². The highest BCUT2D eigenvalue weighted by Crippen LogP contribution is 2.28. The number of nitrogens with zero attached hydrogens (tertiary/aromatic N) is 2. The van der Waals surface area contributed by atoms with Crippen molar-refractivity contribution in [1.29, 1.82) is 5.26 Å². The van der Waals surface area contributed by atoms with Crippen molar-refractivity contribution < 1.29 is 14.0 Å². The number of hydrogen-bond donors (Lipinski definition) is 2. The van der Waals surface area contributed by atoms with Crippen molar-refractivity contribution in [2.24, 2.45) is 5.92 Å². The lowest BCUT2D eigenvalue weighted by Gasteiger charge is -2.33. The van der Waals surface area contributed by atoms with E-state index in [1.165, 1.54) is 6.07 Å². The molecule has 0 radical (unpaired) electrons. The summed E-state index contributed by atoms with van der Waals surface area (Å²) in [7, 11) is 0. The van der Waals surface area contributed by atoms with Gasteiger partial charge in [0.05, 0.1) is 6.07 Å². The lowest BCUT2D eigenvalue weighted by molar-refractivity contribution is -0.123. The van der Waals surface area contributed by atoms with Gasteiger partial charge in [-0.05, 0) is 48.8 Å². The highest BCUT2D eigenvalue weighted by molar-refractivity contribution is 5.87. The Labute approximate surface area is 159 Å². The van der Waals surface area contributed by atoms with Gasteiger partial charge in [0.25, 0.3) is 0 Å². The maximum Gasteiger partial charge on any atom is 0.318 e. The third-order valence-corrected chi connectivity index (χ3v) is 4.77. The second-order valence-electron chi connectivity index (χ2n) is 7.32. The largest absolute Gasteiger partial charge is 0.341 e. The molecule has 1 saturated heterocycles. The molecule has 1 aliphatic rings. The Morgan fingerprint density at radius 1 is 1.33 bits per heavy atom. The third kappa shape index (κ3) is 6.24. The standard InChI is InChI=1S/C20H27FN4O2/c1-14(2)12-18(19(26)23-9-8-22)24-20(27)25-10-6-15(7-11-25)16-4-3-5-17(21)13-16/h3-5,13-15,18H,6-7,9-12H2,1-2H3,(H,23,26)(H,24,27). The molecular formula is C20H27FN4O2. The van der Waals surface area contributed by atoms with Crippen LogP contribution in [0.1, 0.15) is 44.6 Å². The second-order valence-corrected chi connectivity index (χ2v) is 7.32. The van der Waals surface area contributed by atoms with Crippen LogP contribution in [0.5, 0.6) is 0 Å². The minimum atomic E-state index is -0.660. The van der Waals surface area contributed by atoms with Crippen LogP contribution < -0.4 is 10.6 Å². The molecule has 1 fully saturated rings. The molecule has 2 rings (SSSR count). The van der Waals surface area contributed by atoms with Crippen LogP contribution in [-0.4, -0.2) is 42.5 Å². The van der Waals surface area contributed by atoms with Crippen molar-refractivity contribution in [2.75, 3.05) is 19.6 Å². The molecule has 1 aliphatic heterocycles. The fourth-order valence-corrected chi connectivity index (χ4v) is 3.37. The number of benzene rings is 1. The van der Waals surface area contributed by atoms with Gasteiger partial charge in [-0.3, -0.25) is 4.79 Å². The van der Waals surface area contributed by atoms with Crippen molar-refractivity contribution in [3.05, 3.63) is 35.6 Å². The maximum absolute atomic E-state index is 13.4. The zero-order valence-electron chi connectivity index (χ0n) is 15.9. The molecule has 3 amide bonds. The predicted octanol–water partition coefficient (Wildman–Crippen LogP) is 2.77. The van der Waals surface area contributed by atoms with Crippen molar-refractivity contribution in [3.8, 4) is 6.07 Å². The van der Waals surface area contributed by atoms with Crippen molar-refractivity contribution in [1.82, 2.24) is 15.5 Å². The van der Waals surface area contributed by atoms with E-state index in [0.717, 1.165) is 18.4 Å². The van der Waals surface area contributed by atoms with Crippen molar-refractivity contribution in [2.45, 2.75) is 45.1 Å². The summed E-state index contributed by atoms with van der Waals surface area (Å²) in [6.07, 6.45) is 2.02. The monoisotopic (exact) mass is 374 g/mol. The molecule has 0 spiro atoms. The van der Waals surface area contributed by atoms with Gasteiger partial charge >= 0.3 is 6.03 Å². The molecule has 0 aliphatic carbocycles. The van der Waals surface area contributed by atoms with Crippen LogP contribution in [0.15, 0.2) is 24.3 Å². The number of likely N-dealkylation sites (tertiary alicyclic amines) is 1. The molecule has 6 nitrogen and oxygen atoms in total. The first-order chi connectivity index (χ1) is 12.9. The van der Waals surface area contributed by atoms with E-state index >= 15 is 0 Å². The van der Waals surface area contributed by atoms with Gasteiger partial charge < -0.3 is 15.5 Å². The van der Waals surface area contributed by atoms with E-state index in [-0.39, 0.29) is 36.1 Å². The quantitative estimate of drug-likeness (QED) is 0.751. The lowest BCUT2D eigenvalue weighted by atomic mass is 9.89. The summed E-state index contributed by atoms with van der Waals surface area (Å²) in [6, 6.07) is 7.54. The van der Waals surface area contributed by atoms with Crippen LogP contribution in [0.3, 0.4) is 0 Å². The Morgan fingerprint density at radius 2 is 2.04 bits per heavy atom. The van der Waals surface area contributed by atoms with E-state index in [1.54, 1.807) is 17.0 Å². The zero-order valence-corrected chi connectivity index (χ0v) is 15.9. The van der Waals surface area contributed by atoms with Gasteiger partial charge in [-0.2, -0.15) is 5.26 Å². The van der Waals surface area contributed by atoms with Gasteiger partial charge in [0.15, 0.2) is 0 Å². The number of nitrogens with one attached hydrogen (secondary N) is 2. The van der Waals surface area contributed by atoms with E-state index in [2.05, 4.69) is 10.6 Å². The summed E-state index contributed by atoms with van der Waals surface area (Å²) in [4.78, 5) is 26.5. The molecule has 0 saturated carbocycles. The van der Waals surface area contributed by atoms with Crippen LogP contribution in [-0.2, 0) is 4.79 Å². The number of urea groups is 1. The minimum Gasteiger partial charge on any atom is -0.341 e. The lowest BCUT2D eigenvalue weighted by Crippen LogP contribution is -2.53. The van der Waals surface area contributed by atoms with Crippen LogP contribution in [0, 0.1) is 23.1 Å². The van der Waals surface area contributed by atoms with Gasteiger partial charge in [0, 0.05) is 13.1 Å². The summed E-state index contributed by atoms with van der Waals surface area (Å²) < 4.78 is 13.4. The SMILES string of the molecule is CC(C)CC(NC(=O)N1CCC(c2cccc(F)c2)CC1)C(=O)NCC#N. The molecule has 1 aromatic rings. The summed E-state index contributed by atoms with van der Waals surface area (Å²) in [5.41, 5.74) is 0.962. The molecule has 2 N–H and O–H groups in total. The average Bonchev–Trinajstić information content (AvgIpc) is 2.65. The zero-order chi connectivity index (χ0) is 19.8. The molecule has 1 aromatic carbocycles. The molecular weight excluding hydrogens is 347 g/mol. The van der Waals surface area contributed by atoms with Crippen molar-refractivity contribution in [3.63, 3.8) is 0 Å². The third-order valence-electron chi connectivity index (χ3n) is 4.77. The predicted molar refractivity (Wildman–Crippen MR) is 100 cm³/mol.